The van der Waals surface area contributed by atoms with E-state index in [1.807, 2.05) is 0 Å². The second-order valence-corrected chi connectivity index (χ2v) is 5.89. The first-order valence-electron chi connectivity index (χ1n) is 7.44. The molecule has 5 N–H and O–H groups in total. The molecule has 0 aromatic rings. The lowest BCUT2D eigenvalue weighted by atomic mass is 9.82. The summed E-state index contributed by atoms with van der Waals surface area (Å²) in [6.07, 6.45) is 4.51. The van der Waals surface area contributed by atoms with Gasteiger partial charge in [-0.3, -0.25) is 4.79 Å². The van der Waals surface area contributed by atoms with Crippen LogP contribution in [0.15, 0.2) is 0 Å². The first kappa shape index (κ1) is 17.3. The monoisotopic (exact) mass is 299 g/mol. The van der Waals surface area contributed by atoms with Crippen LogP contribution in [0.25, 0.3) is 0 Å². The molecule has 0 aliphatic heterocycles. The molecule has 7 nitrogen and oxygen atoms in total. The minimum Gasteiger partial charge on any atom is -0.480 e. The van der Waals surface area contributed by atoms with Crippen LogP contribution in [0.4, 0.5) is 4.79 Å². The molecule has 21 heavy (non-hydrogen) atoms. The average molecular weight is 299 g/mol. The Hall–Kier alpha value is -1.79. The Balaban J connectivity index is 2.32. The van der Waals surface area contributed by atoms with Crippen molar-refractivity contribution < 1.29 is 19.5 Å². The second-order valence-electron chi connectivity index (χ2n) is 5.89. The summed E-state index contributed by atoms with van der Waals surface area (Å²) in [6, 6.07) is -1.60. The van der Waals surface area contributed by atoms with Gasteiger partial charge in [0.05, 0.1) is 0 Å². The molecule has 1 fully saturated rings. The number of hydrogen-bond acceptors (Lipinski definition) is 3. The van der Waals surface area contributed by atoms with Gasteiger partial charge in [-0.05, 0) is 31.1 Å². The third-order valence-electron chi connectivity index (χ3n) is 3.88. The number of rotatable bonds is 7. The summed E-state index contributed by atoms with van der Waals surface area (Å²) in [6.45, 7) is 2.76. The molecule has 1 rings (SSSR count). The van der Waals surface area contributed by atoms with Crippen LogP contribution in [-0.4, -0.2) is 35.6 Å². The number of hydrogen-bond donors (Lipinski definition) is 4. The molecule has 7 heteroatoms. The summed E-state index contributed by atoms with van der Waals surface area (Å²) in [5.74, 6) is -0.623. The van der Waals surface area contributed by atoms with E-state index in [0.717, 1.165) is 12.8 Å². The zero-order valence-corrected chi connectivity index (χ0v) is 12.4. The SMILES string of the molecule is CC1CCCC(CNC(=O)N[C@@H](CCC(N)=O)C(=O)O)C1. The van der Waals surface area contributed by atoms with E-state index in [1.165, 1.54) is 12.8 Å². The molecule has 0 radical (unpaired) electrons. The zero-order chi connectivity index (χ0) is 15.8. The molecule has 0 aromatic carbocycles. The summed E-state index contributed by atoms with van der Waals surface area (Å²) in [5.41, 5.74) is 4.98. The third-order valence-corrected chi connectivity index (χ3v) is 3.88. The third kappa shape index (κ3) is 6.97. The maximum Gasteiger partial charge on any atom is 0.326 e. The molecule has 3 amide bonds. The van der Waals surface area contributed by atoms with Gasteiger partial charge in [0.15, 0.2) is 0 Å². The number of amides is 3. The molecule has 120 valence electrons. The topological polar surface area (TPSA) is 122 Å². The van der Waals surface area contributed by atoms with Gasteiger partial charge in [-0.2, -0.15) is 0 Å². The van der Waals surface area contributed by atoms with E-state index in [1.54, 1.807) is 0 Å². The van der Waals surface area contributed by atoms with Crippen molar-refractivity contribution in [1.29, 1.82) is 0 Å². The summed E-state index contributed by atoms with van der Waals surface area (Å²) in [7, 11) is 0. The fourth-order valence-electron chi connectivity index (χ4n) is 2.74. The Morgan fingerprint density at radius 2 is 2.05 bits per heavy atom. The van der Waals surface area contributed by atoms with Gasteiger partial charge < -0.3 is 21.5 Å². The minimum atomic E-state index is -1.17. The minimum absolute atomic E-state index is 0.00144. The lowest BCUT2D eigenvalue weighted by Gasteiger charge is -2.27. The Morgan fingerprint density at radius 3 is 2.62 bits per heavy atom. The highest BCUT2D eigenvalue weighted by Crippen LogP contribution is 2.27. The van der Waals surface area contributed by atoms with E-state index in [2.05, 4.69) is 17.6 Å². The number of urea groups is 1. The zero-order valence-electron chi connectivity index (χ0n) is 12.4. The molecule has 0 bridgehead atoms. The van der Waals surface area contributed by atoms with Crippen LogP contribution in [0, 0.1) is 11.8 Å². The Morgan fingerprint density at radius 1 is 1.33 bits per heavy atom. The van der Waals surface area contributed by atoms with Crippen molar-refractivity contribution in [2.45, 2.75) is 51.5 Å². The van der Waals surface area contributed by atoms with E-state index in [4.69, 9.17) is 10.8 Å². The Kier molecular flexibility index (Phi) is 6.98. The first-order valence-corrected chi connectivity index (χ1v) is 7.44. The van der Waals surface area contributed by atoms with Crippen molar-refractivity contribution in [3.63, 3.8) is 0 Å². The van der Waals surface area contributed by atoms with Crippen molar-refractivity contribution in [3.8, 4) is 0 Å². The van der Waals surface area contributed by atoms with E-state index in [-0.39, 0.29) is 12.8 Å². The normalized spacial score (nSPS) is 23.1. The van der Waals surface area contributed by atoms with Gasteiger partial charge in [-0.25, -0.2) is 9.59 Å². The van der Waals surface area contributed by atoms with Crippen LogP contribution in [0.5, 0.6) is 0 Å². The van der Waals surface area contributed by atoms with Crippen LogP contribution in [-0.2, 0) is 9.59 Å². The summed E-state index contributed by atoms with van der Waals surface area (Å²) >= 11 is 0. The van der Waals surface area contributed by atoms with Gasteiger partial charge in [-0.15, -0.1) is 0 Å². The number of carbonyl (C=O) groups excluding carboxylic acids is 2. The fourth-order valence-corrected chi connectivity index (χ4v) is 2.74. The highest BCUT2D eigenvalue weighted by Gasteiger charge is 2.22. The highest BCUT2D eigenvalue weighted by atomic mass is 16.4. The predicted octanol–water partition coefficient (Wildman–Crippen LogP) is 0.831. The summed E-state index contributed by atoms with van der Waals surface area (Å²) in [5, 5.41) is 14.1. The summed E-state index contributed by atoms with van der Waals surface area (Å²) < 4.78 is 0. The van der Waals surface area contributed by atoms with E-state index in [0.29, 0.717) is 18.4 Å². The number of carboxylic acid groups (broad SMARTS) is 1. The number of primary amides is 1. The van der Waals surface area contributed by atoms with Crippen molar-refractivity contribution in [1.82, 2.24) is 10.6 Å². The average Bonchev–Trinajstić information content (AvgIpc) is 2.40. The van der Waals surface area contributed by atoms with E-state index < -0.39 is 23.9 Å². The molecule has 0 aromatic heterocycles. The molecule has 1 aliphatic carbocycles. The van der Waals surface area contributed by atoms with Gasteiger partial charge in [-0.1, -0.05) is 19.8 Å². The maximum atomic E-state index is 11.7. The maximum absolute atomic E-state index is 11.7. The van der Waals surface area contributed by atoms with Gasteiger partial charge in [0, 0.05) is 13.0 Å². The van der Waals surface area contributed by atoms with Crippen molar-refractivity contribution in [3.05, 3.63) is 0 Å². The van der Waals surface area contributed by atoms with Crippen molar-refractivity contribution >= 4 is 17.9 Å². The molecular weight excluding hydrogens is 274 g/mol. The first-order chi connectivity index (χ1) is 9.88. The molecule has 3 atom stereocenters. The van der Waals surface area contributed by atoms with Crippen molar-refractivity contribution in [2.24, 2.45) is 17.6 Å². The largest absolute Gasteiger partial charge is 0.480 e. The second kappa shape index (κ2) is 8.49. The molecule has 0 heterocycles. The Bertz CT molecular complexity index is 386. The molecular formula is C14H25N3O4. The van der Waals surface area contributed by atoms with Gasteiger partial charge in [0.1, 0.15) is 6.04 Å². The van der Waals surface area contributed by atoms with E-state index >= 15 is 0 Å². The lowest BCUT2D eigenvalue weighted by molar-refractivity contribution is -0.139. The molecule has 1 saturated carbocycles. The highest BCUT2D eigenvalue weighted by molar-refractivity contribution is 5.83. The van der Waals surface area contributed by atoms with Crippen LogP contribution < -0.4 is 16.4 Å². The van der Waals surface area contributed by atoms with Crippen LogP contribution in [0.3, 0.4) is 0 Å². The van der Waals surface area contributed by atoms with Gasteiger partial charge in [0.2, 0.25) is 5.91 Å². The molecule has 0 saturated heterocycles. The number of nitrogens with two attached hydrogens (primary N) is 1. The molecule has 0 spiro atoms. The summed E-state index contributed by atoms with van der Waals surface area (Å²) in [4.78, 5) is 33.4. The quantitative estimate of drug-likeness (QED) is 0.556. The van der Waals surface area contributed by atoms with Crippen LogP contribution in [0.1, 0.15) is 45.4 Å². The Labute approximate surface area is 124 Å². The number of nitrogens with one attached hydrogen (secondary N) is 2. The predicted molar refractivity (Wildman–Crippen MR) is 77.5 cm³/mol. The number of aliphatic carboxylic acids is 1. The smallest absolute Gasteiger partial charge is 0.326 e. The molecule has 2 unspecified atom stereocenters. The fraction of sp³-hybridized carbons (Fsp3) is 0.786. The van der Waals surface area contributed by atoms with E-state index in [9.17, 15) is 14.4 Å². The lowest BCUT2D eigenvalue weighted by Crippen LogP contribution is -2.47. The van der Waals surface area contributed by atoms with Crippen molar-refractivity contribution in [2.75, 3.05) is 6.54 Å². The van der Waals surface area contributed by atoms with Crippen LogP contribution >= 0.6 is 0 Å². The number of carbonyl (C=O) groups is 3. The standard InChI is InChI=1S/C14H25N3O4/c1-9-3-2-4-10(7-9)8-16-14(21)17-11(13(19)20)5-6-12(15)18/h9-11H,2-8H2,1H3,(H2,15,18)(H,19,20)(H2,16,17,21)/t9?,10?,11-/m0/s1. The van der Waals surface area contributed by atoms with Gasteiger partial charge >= 0.3 is 12.0 Å². The molecule has 1 aliphatic rings. The number of carboxylic acids is 1. The van der Waals surface area contributed by atoms with Gasteiger partial charge in [0.25, 0.3) is 0 Å². The van der Waals surface area contributed by atoms with Crippen LogP contribution in [0.2, 0.25) is 0 Å².